The van der Waals surface area contributed by atoms with Crippen LogP contribution in [-0.4, -0.2) is 44.3 Å². The molecule has 1 saturated heterocycles. The number of nitrogens with zero attached hydrogens (tertiary/aromatic N) is 5. The van der Waals surface area contributed by atoms with Gasteiger partial charge >= 0.3 is 0 Å². The first-order valence-corrected chi connectivity index (χ1v) is 8.44. The van der Waals surface area contributed by atoms with Crippen molar-refractivity contribution in [1.29, 1.82) is 0 Å². The molecule has 3 heterocycles. The maximum absolute atomic E-state index is 4.44. The smallest absolute Gasteiger partial charge is 0.141 e. The molecule has 0 aromatic carbocycles. The first kappa shape index (κ1) is 15.9. The van der Waals surface area contributed by atoms with E-state index >= 15 is 0 Å². The van der Waals surface area contributed by atoms with Gasteiger partial charge in [-0.05, 0) is 36.9 Å². The maximum Gasteiger partial charge on any atom is 0.141 e. The van der Waals surface area contributed by atoms with E-state index in [1.54, 1.807) is 6.33 Å². The Bertz CT molecular complexity index is 594. The molecule has 3 rings (SSSR count). The van der Waals surface area contributed by atoms with Crippen LogP contribution in [0.3, 0.4) is 0 Å². The first-order chi connectivity index (χ1) is 11.2. The summed E-state index contributed by atoms with van der Waals surface area (Å²) >= 11 is 0. The van der Waals surface area contributed by atoms with Crippen LogP contribution in [0.5, 0.6) is 0 Å². The summed E-state index contributed by atoms with van der Waals surface area (Å²) in [6.07, 6.45) is 4.72. The number of aromatic nitrogens is 4. The van der Waals surface area contributed by atoms with Gasteiger partial charge in [-0.25, -0.2) is 14.6 Å². The van der Waals surface area contributed by atoms with Gasteiger partial charge in [0.2, 0.25) is 0 Å². The zero-order valence-electron chi connectivity index (χ0n) is 14.0. The average Bonchev–Trinajstić information content (AvgIpc) is 3.16. The lowest BCUT2D eigenvalue weighted by Crippen LogP contribution is -2.25. The molecule has 6 heteroatoms. The van der Waals surface area contributed by atoms with Crippen molar-refractivity contribution in [3.05, 3.63) is 36.5 Å². The van der Waals surface area contributed by atoms with Gasteiger partial charge in [0.05, 0.1) is 6.54 Å². The molecule has 2 aromatic rings. The van der Waals surface area contributed by atoms with Gasteiger partial charge < -0.3 is 5.32 Å². The van der Waals surface area contributed by atoms with Crippen molar-refractivity contribution in [1.82, 2.24) is 24.6 Å². The van der Waals surface area contributed by atoms with Crippen LogP contribution >= 0.6 is 0 Å². The molecule has 1 aliphatic rings. The van der Waals surface area contributed by atoms with E-state index in [0.29, 0.717) is 11.8 Å². The van der Waals surface area contributed by atoms with E-state index < -0.39 is 0 Å². The summed E-state index contributed by atoms with van der Waals surface area (Å²) < 4.78 is 2.05. The second kappa shape index (κ2) is 7.55. The zero-order valence-corrected chi connectivity index (χ0v) is 14.0. The van der Waals surface area contributed by atoms with E-state index in [1.807, 2.05) is 29.1 Å². The van der Waals surface area contributed by atoms with Crippen molar-refractivity contribution in [3.8, 4) is 0 Å². The predicted molar refractivity (Wildman–Crippen MR) is 91.0 cm³/mol. The Labute approximate surface area is 137 Å². The van der Waals surface area contributed by atoms with Crippen molar-refractivity contribution >= 4 is 5.82 Å². The molecule has 23 heavy (non-hydrogen) atoms. The highest BCUT2D eigenvalue weighted by atomic mass is 15.3. The maximum atomic E-state index is 4.44. The molecule has 0 saturated carbocycles. The van der Waals surface area contributed by atoms with E-state index in [2.05, 4.69) is 39.1 Å². The third-order valence-corrected chi connectivity index (χ3v) is 4.21. The highest BCUT2D eigenvalue weighted by molar-refractivity contribution is 5.33. The number of rotatable bonds is 7. The van der Waals surface area contributed by atoms with Crippen LogP contribution in [0.4, 0.5) is 5.82 Å². The minimum atomic E-state index is 0.587. The van der Waals surface area contributed by atoms with Gasteiger partial charge in [-0.1, -0.05) is 19.9 Å². The summed E-state index contributed by atoms with van der Waals surface area (Å²) in [5, 5.41) is 7.78. The molecule has 1 fully saturated rings. The van der Waals surface area contributed by atoms with Crippen LogP contribution in [0.15, 0.2) is 30.7 Å². The van der Waals surface area contributed by atoms with E-state index in [1.165, 1.54) is 6.42 Å². The topological polar surface area (TPSA) is 58.9 Å². The van der Waals surface area contributed by atoms with Crippen LogP contribution in [-0.2, 0) is 13.1 Å². The molecule has 0 unspecified atom stereocenters. The van der Waals surface area contributed by atoms with Crippen LogP contribution in [0.2, 0.25) is 0 Å². The lowest BCUT2D eigenvalue weighted by molar-refractivity contribution is 0.298. The minimum absolute atomic E-state index is 0.587. The number of likely N-dealkylation sites (tertiary alicyclic amines) is 1. The number of nitrogens with one attached hydrogen (secondary N) is 1. The van der Waals surface area contributed by atoms with E-state index in [9.17, 15) is 0 Å². The summed E-state index contributed by atoms with van der Waals surface area (Å²) in [5.41, 5.74) is 0. The fourth-order valence-corrected chi connectivity index (χ4v) is 3.05. The quantitative estimate of drug-likeness (QED) is 0.849. The average molecular weight is 314 g/mol. The Kier molecular flexibility index (Phi) is 5.23. The molecule has 0 aliphatic carbocycles. The summed E-state index contributed by atoms with van der Waals surface area (Å²) in [5.74, 6) is 3.29. The van der Waals surface area contributed by atoms with Crippen molar-refractivity contribution in [2.75, 3.05) is 25.0 Å². The summed E-state index contributed by atoms with van der Waals surface area (Å²) in [4.78, 5) is 11.2. The van der Waals surface area contributed by atoms with Crippen molar-refractivity contribution in [2.45, 2.75) is 33.4 Å². The summed E-state index contributed by atoms with van der Waals surface area (Å²) in [6.45, 7) is 9.46. The van der Waals surface area contributed by atoms with E-state index in [0.717, 1.165) is 44.4 Å². The molecule has 6 nitrogen and oxygen atoms in total. The Morgan fingerprint density at radius 3 is 3.00 bits per heavy atom. The Morgan fingerprint density at radius 2 is 2.22 bits per heavy atom. The van der Waals surface area contributed by atoms with Gasteiger partial charge in [0.25, 0.3) is 0 Å². The first-order valence-electron chi connectivity index (χ1n) is 8.44. The van der Waals surface area contributed by atoms with Gasteiger partial charge in [-0.15, -0.1) is 0 Å². The summed E-state index contributed by atoms with van der Waals surface area (Å²) in [7, 11) is 0. The summed E-state index contributed by atoms with van der Waals surface area (Å²) in [6, 6.07) is 5.97. The standard InChI is InChI=1S/C17H26N6/c1-14(2)10-23-17(20-13-21-23)12-22-8-6-15(11-22)9-19-16-5-3-4-7-18-16/h3-5,7,13-15H,6,8-12H2,1-2H3,(H,18,19)/t15-/m0/s1. The van der Waals surface area contributed by atoms with Crippen LogP contribution in [0.1, 0.15) is 26.1 Å². The molecule has 2 aromatic heterocycles. The normalized spacial score (nSPS) is 18.7. The fourth-order valence-electron chi connectivity index (χ4n) is 3.05. The van der Waals surface area contributed by atoms with Gasteiger partial charge in [0.15, 0.2) is 0 Å². The van der Waals surface area contributed by atoms with Gasteiger partial charge in [0.1, 0.15) is 18.0 Å². The molecule has 0 bridgehead atoms. The minimum Gasteiger partial charge on any atom is -0.370 e. The molecule has 0 radical (unpaired) electrons. The second-order valence-electron chi connectivity index (χ2n) is 6.74. The molecule has 0 spiro atoms. The SMILES string of the molecule is CC(C)Cn1ncnc1CN1CC[C@@H](CNc2ccccn2)C1. The lowest BCUT2D eigenvalue weighted by Gasteiger charge is -2.17. The van der Waals surface area contributed by atoms with Crippen molar-refractivity contribution < 1.29 is 0 Å². The fraction of sp³-hybridized carbons (Fsp3) is 0.588. The second-order valence-corrected chi connectivity index (χ2v) is 6.74. The highest BCUT2D eigenvalue weighted by Gasteiger charge is 2.23. The Hall–Kier alpha value is -1.95. The monoisotopic (exact) mass is 314 g/mol. The number of pyridine rings is 1. The van der Waals surface area contributed by atoms with Gasteiger partial charge in [-0.2, -0.15) is 5.10 Å². The highest BCUT2D eigenvalue weighted by Crippen LogP contribution is 2.18. The largest absolute Gasteiger partial charge is 0.370 e. The van der Waals surface area contributed by atoms with E-state index in [4.69, 9.17) is 0 Å². The van der Waals surface area contributed by atoms with Crippen LogP contribution in [0, 0.1) is 11.8 Å². The van der Waals surface area contributed by atoms with Crippen molar-refractivity contribution in [3.63, 3.8) is 0 Å². The number of hydrogen-bond donors (Lipinski definition) is 1. The van der Waals surface area contributed by atoms with Crippen molar-refractivity contribution in [2.24, 2.45) is 11.8 Å². The van der Waals surface area contributed by atoms with E-state index in [-0.39, 0.29) is 0 Å². The molecule has 1 aliphatic heterocycles. The van der Waals surface area contributed by atoms with Gasteiger partial charge in [-0.3, -0.25) is 4.90 Å². The van der Waals surface area contributed by atoms with Gasteiger partial charge in [0, 0.05) is 25.8 Å². The zero-order chi connectivity index (χ0) is 16.1. The Morgan fingerprint density at radius 1 is 1.30 bits per heavy atom. The predicted octanol–water partition coefficient (Wildman–Crippen LogP) is 2.26. The number of hydrogen-bond acceptors (Lipinski definition) is 5. The molecule has 124 valence electrons. The number of anilines is 1. The third-order valence-electron chi connectivity index (χ3n) is 4.21. The molecular weight excluding hydrogens is 288 g/mol. The van der Waals surface area contributed by atoms with Crippen LogP contribution in [0.25, 0.3) is 0 Å². The lowest BCUT2D eigenvalue weighted by atomic mass is 10.1. The van der Waals surface area contributed by atoms with Crippen LogP contribution < -0.4 is 5.32 Å². The molecular formula is C17H26N6. The molecule has 1 atom stereocenters. The Balaban J connectivity index is 1.47. The molecule has 0 amide bonds. The third kappa shape index (κ3) is 4.51. The molecule has 1 N–H and O–H groups in total.